The molecule has 2 fully saturated rings. The van der Waals surface area contributed by atoms with Gasteiger partial charge in [0.1, 0.15) is 6.04 Å². The van der Waals surface area contributed by atoms with Gasteiger partial charge in [0.15, 0.2) is 5.76 Å². The first kappa shape index (κ1) is 26.9. The lowest BCUT2D eigenvalue weighted by Crippen LogP contribution is -2.60. The van der Waals surface area contributed by atoms with Crippen LogP contribution in [0.5, 0.6) is 0 Å². The van der Waals surface area contributed by atoms with Gasteiger partial charge in [-0.25, -0.2) is 4.79 Å². The van der Waals surface area contributed by atoms with E-state index in [0.717, 1.165) is 0 Å². The maximum Gasteiger partial charge on any atom is 0.338 e. The van der Waals surface area contributed by atoms with Gasteiger partial charge in [-0.15, -0.1) is 0 Å². The van der Waals surface area contributed by atoms with Gasteiger partial charge in [-0.1, -0.05) is 0 Å². The van der Waals surface area contributed by atoms with Crippen LogP contribution in [0.25, 0.3) is 0 Å². The van der Waals surface area contributed by atoms with E-state index in [1.54, 1.807) is 48.2 Å². The van der Waals surface area contributed by atoms with Crippen molar-refractivity contribution in [3.05, 3.63) is 54.0 Å². The Labute approximate surface area is 219 Å². The zero-order valence-corrected chi connectivity index (χ0v) is 21.2. The number of furan rings is 1. The molecule has 12 heteroatoms. The predicted octanol–water partition coefficient (Wildman–Crippen LogP) is 0.570. The maximum atomic E-state index is 13.2. The van der Waals surface area contributed by atoms with Crippen molar-refractivity contribution in [1.29, 1.82) is 0 Å². The molecule has 0 radical (unpaired) electrons. The molecular formula is C26H31N5O7. The molecule has 0 spiro atoms. The van der Waals surface area contributed by atoms with Crippen LogP contribution in [0.1, 0.15) is 34.3 Å². The number of ether oxygens (including phenoxy) is 1. The Hall–Kier alpha value is -4.19. The first-order chi connectivity index (χ1) is 18.4. The fourth-order valence-electron chi connectivity index (χ4n) is 4.46. The summed E-state index contributed by atoms with van der Waals surface area (Å²) in [6.07, 6.45) is 1.25. The number of carbonyl (C=O) groups is 5. The molecule has 2 saturated heterocycles. The Kier molecular flexibility index (Phi) is 8.74. The largest absolute Gasteiger partial charge is 0.462 e. The minimum absolute atomic E-state index is 0.0868. The summed E-state index contributed by atoms with van der Waals surface area (Å²) < 4.78 is 10.1. The van der Waals surface area contributed by atoms with Crippen LogP contribution in [-0.2, 0) is 19.1 Å². The molecule has 4 rings (SSSR count). The third-order valence-electron chi connectivity index (χ3n) is 6.46. The van der Waals surface area contributed by atoms with Crippen molar-refractivity contribution in [3.8, 4) is 0 Å². The molecule has 1 atom stereocenters. The molecule has 0 saturated carbocycles. The van der Waals surface area contributed by atoms with E-state index in [2.05, 4.69) is 10.6 Å². The summed E-state index contributed by atoms with van der Waals surface area (Å²) in [5, 5.41) is 5.43. The van der Waals surface area contributed by atoms with Crippen molar-refractivity contribution >= 4 is 35.3 Å². The van der Waals surface area contributed by atoms with Gasteiger partial charge >= 0.3 is 5.97 Å². The number of nitrogens with one attached hydrogen (secondary N) is 2. The first-order valence-electron chi connectivity index (χ1n) is 12.5. The number of rotatable bonds is 8. The van der Waals surface area contributed by atoms with Crippen LogP contribution in [0, 0.1) is 0 Å². The van der Waals surface area contributed by atoms with E-state index in [1.807, 2.05) is 4.90 Å². The summed E-state index contributed by atoms with van der Waals surface area (Å²) in [7, 11) is 0. The van der Waals surface area contributed by atoms with Crippen LogP contribution in [-0.4, -0.2) is 103 Å². The van der Waals surface area contributed by atoms with E-state index in [4.69, 9.17) is 9.15 Å². The molecule has 1 aromatic heterocycles. The molecule has 0 unspecified atom stereocenters. The topological polar surface area (TPSA) is 142 Å². The van der Waals surface area contributed by atoms with Crippen molar-refractivity contribution in [2.45, 2.75) is 19.4 Å². The normalized spacial score (nSPS) is 18.0. The summed E-state index contributed by atoms with van der Waals surface area (Å²) in [6, 6.07) is 8.58. The standard InChI is InChI=1S/C26H31N5O7/c1-2-37-26(36)18-5-7-19(8-6-18)28-22(32)16-20-24(34)27-9-10-31(20)23(33)17-29-11-13-30(14-12-29)25(35)21-4-3-15-38-21/h3-8,15,20H,2,9-14,16-17H2,1H3,(H,27,34)(H,28,32)/t20-/m0/s1. The van der Waals surface area contributed by atoms with Crippen molar-refractivity contribution < 1.29 is 33.1 Å². The molecule has 1 aromatic carbocycles. The van der Waals surface area contributed by atoms with Gasteiger partial charge in [0.2, 0.25) is 17.7 Å². The van der Waals surface area contributed by atoms with Gasteiger partial charge in [0.05, 0.1) is 31.4 Å². The number of benzene rings is 1. The number of amides is 4. The van der Waals surface area contributed by atoms with E-state index in [9.17, 15) is 24.0 Å². The van der Waals surface area contributed by atoms with Crippen LogP contribution in [0.15, 0.2) is 47.1 Å². The zero-order chi connectivity index (χ0) is 27.1. The molecule has 38 heavy (non-hydrogen) atoms. The van der Waals surface area contributed by atoms with Gasteiger partial charge in [0.25, 0.3) is 5.91 Å². The molecule has 4 amide bonds. The number of anilines is 1. The molecule has 12 nitrogen and oxygen atoms in total. The number of piperazine rings is 2. The van der Waals surface area contributed by atoms with Crippen molar-refractivity contribution in [2.24, 2.45) is 0 Å². The highest BCUT2D eigenvalue weighted by atomic mass is 16.5. The lowest BCUT2D eigenvalue weighted by Gasteiger charge is -2.38. The van der Waals surface area contributed by atoms with Gasteiger partial charge in [-0.3, -0.25) is 24.1 Å². The molecule has 2 aliphatic heterocycles. The quantitative estimate of drug-likeness (QED) is 0.477. The lowest BCUT2D eigenvalue weighted by atomic mass is 10.1. The average Bonchev–Trinajstić information content (AvgIpc) is 3.45. The summed E-state index contributed by atoms with van der Waals surface area (Å²) in [5.74, 6) is -1.42. The highest BCUT2D eigenvalue weighted by molar-refractivity contribution is 5.98. The average molecular weight is 526 g/mol. The Morgan fingerprint density at radius 3 is 2.45 bits per heavy atom. The monoisotopic (exact) mass is 525 g/mol. The Morgan fingerprint density at radius 2 is 1.79 bits per heavy atom. The van der Waals surface area contributed by atoms with Crippen molar-refractivity contribution in [2.75, 3.05) is 57.7 Å². The number of hydrogen-bond acceptors (Lipinski definition) is 8. The van der Waals surface area contributed by atoms with Crippen LogP contribution in [0.3, 0.4) is 0 Å². The van der Waals surface area contributed by atoms with Gasteiger partial charge in [0, 0.05) is 45.0 Å². The minimum atomic E-state index is -0.933. The van der Waals surface area contributed by atoms with Gasteiger partial charge in [-0.2, -0.15) is 0 Å². The third-order valence-corrected chi connectivity index (χ3v) is 6.46. The molecule has 202 valence electrons. The first-order valence-corrected chi connectivity index (χ1v) is 12.5. The van der Waals surface area contributed by atoms with Gasteiger partial charge < -0.3 is 29.6 Å². The molecule has 3 heterocycles. The van der Waals surface area contributed by atoms with Gasteiger partial charge in [-0.05, 0) is 43.3 Å². The third kappa shape index (κ3) is 6.57. The van der Waals surface area contributed by atoms with Crippen LogP contribution >= 0.6 is 0 Å². The predicted molar refractivity (Wildman–Crippen MR) is 135 cm³/mol. The minimum Gasteiger partial charge on any atom is -0.462 e. The number of esters is 1. The van der Waals surface area contributed by atoms with Crippen molar-refractivity contribution in [1.82, 2.24) is 20.0 Å². The zero-order valence-electron chi connectivity index (χ0n) is 21.2. The molecular weight excluding hydrogens is 494 g/mol. The number of hydrogen-bond donors (Lipinski definition) is 2. The molecule has 2 aromatic rings. The Balaban J connectivity index is 1.30. The molecule has 0 bridgehead atoms. The second kappa shape index (κ2) is 12.4. The number of carbonyl (C=O) groups excluding carboxylic acids is 5. The maximum absolute atomic E-state index is 13.2. The Morgan fingerprint density at radius 1 is 1.05 bits per heavy atom. The highest BCUT2D eigenvalue weighted by Crippen LogP contribution is 2.15. The Bertz CT molecular complexity index is 1160. The van der Waals surface area contributed by atoms with E-state index in [-0.39, 0.29) is 43.1 Å². The lowest BCUT2D eigenvalue weighted by molar-refractivity contribution is -0.145. The summed E-state index contributed by atoms with van der Waals surface area (Å²) in [6.45, 7) is 4.59. The van der Waals surface area contributed by atoms with E-state index in [0.29, 0.717) is 50.5 Å². The summed E-state index contributed by atoms with van der Waals surface area (Å²) in [5.41, 5.74) is 0.818. The summed E-state index contributed by atoms with van der Waals surface area (Å²) in [4.78, 5) is 67.8. The van der Waals surface area contributed by atoms with Crippen LogP contribution in [0.2, 0.25) is 0 Å². The van der Waals surface area contributed by atoms with E-state index in [1.165, 1.54) is 11.2 Å². The van der Waals surface area contributed by atoms with Crippen LogP contribution < -0.4 is 10.6 Å². The van der Waals surface area contributed by atoms with Crippen molar-refractivity contribution in [3.63, 3.8) is 0 Å². The molecule has 0 aliphatic carbocycles. The number of nitrogens with zero attached hydrogens (tertiary/aromatic N) is 3. The van der Waals surface area contributed by atoms with E-state index >= 15 is 0 Å². The SMILES string of the molecule is CCOC(=O)c1ccc(NC(=O)C[C@H]2C(=O)NCCN2C(=O)CN2CCN(C(=O)c3ccco3)CC2)cc1. The second-order valence-corrected chi connectivity index (χ2v) is 8.99. The van der Waals surface area contributed by atoms with E-state index < -0.39 is 17.9 Å². The smallest absolute Gasteiger partial charge is 0.338 e. The fraction of sp³-hybridized carbons (Fsp3) is 0.423. The molecule has 2 aliphatic rings. The fourth-order valence-corrected chi connectivity index (χ4v) is 4.46. The second-order valence-electron chi connectivity index (χ2n) is 8.99. The summed E-state index contributed by atoms with van der Waals surface area (Å²) >= 11 is 0. The molecule has 2 N–H and O–H groups in total. The van der Waals surface area contributed by atoms with Crippen LogP contribution in [0.4, 0.5) is 5.69 Å². The highest BCUT2D eigenvalue weighted by Gasteiger charge is 2.35.